The number of fused-ring (bicyclic) bond motifs is 1. The molecular formula is C24H39N3O2. The van der Waals surface area contributed by atoms with Crippen LogP contribution in [-0.4, -0.2) is 24.9 Å². The number of amidine groups is 2. The molecule has 3 N–H and O–H groups in total. The first-order valence-corrected chi connectivity index (χ1v) is 11.4. The van der Waals surface area contributed by atoms with Crippen LogP contribution in [0.25, 0.3) is 0 Å². The number of unbranched alkanes of at least 4 members (excludes halogenated alkanes) is 2. The second-order valence-electron chi connectivity index (χ2n) is 8.15. The molecule has 2 rings (SSSR count). The van der Waals surface area contributed by atoms with E-state index in [4.69, 9.17) is 20.6 Å². The minimum atomic E-state index is 0.196. The molecule has 29 heavy (non-hydrogen) atoms. The summed E-state index contributed by atoms with van der Waals surface area (Å²) in [6, 6.07) is 3.79. The molecule has 162 valence electrons. The predicted molar refractivity (Wildman–Crippen MR) is 122 cm³/mol. The summed E-state index contributed by atoms with van der Waals surface area (Å²) >= 11 is 0. The van der Waals surface area contributed by atoms with E-state index in [-0.39, 0.29) is 5.84 Å². The van der Waals surface area contributed by atoms with Crippen LogP contribution in [0.3, 0.4) is 0 Å². The fraction of sp³-hybridized carbons (Fsp3) is 0.667. The molecule has 1 heterocycles. The largest absolute Gasteiger partial charge is 0.489 e. The van der Waals surface area contributed by atoms with Crippen molar-refractivity contribution in [3.8, 4) is 11.5 Å². The van der Waals surface area contributed by atoms with E-state index in [1.165, 1.54) is 38.5 Å². The van der Waals surface area contributed by atoms with E-state index in [0.29, 0.717) is 36.6 Å². The Bertz CT molecular complexity index is 700. The highest BCUT2D eigenvalue weighted by molar-refractivity contribution is 6.21. The highest BCUT2D eigenvalue weighted by Gasteiger charge is 2.23. The predicted octanol–water partition coefficient (Wildman–Crippen LogP) is 5.92. The Morgan fingerprint density at radius 1 is 0.862 bits per heavy atom. The number of aliphatic imine (C=N–C) groups is 1. The van der Waals surface area contributed by atoms with Gasteiger partial charge in [-0.05, 0) is 36.8 Å². The molecule has 5 nitrogen and oxygen atoms in total. The van der Waals surface area contributed by atoms with E-state index in [1.54, 1.807) is 0 Å². The summed E-state index contributed by atoms with van der Waals surface area (Å²) in [5, 5.41) is 8.08. The number of nitrogens with two attached hydrogens (primary N) is 1. The zero-order valence-corrected chi connectivity index (χ0v) is 18.7. The van der Waals surface area contributed by atoms with Gasteiger partial charge in [-0.1, -0.05) is 66.2 Å². The molecular weight excluding hydrogens is 362 g/mol. The molecule has 0 radical (unpaired) electrons. The number of rotatable bonds is 14. The second kappa shape index (κ2) is 11.8. The Kier molecular flexibility index (Phi) is 9.49. The first kappa shape index (κ1) is 23.2. The van der Waals surface area contributed by atoms with Crippen molar-refractivity contribution in [1.82, 2.24) is 0 Å². The molecule has 0 saturated carbocycles. The Morgan fingerprint density at radius 2 is 1.34 bits per heavy atom. The lowest BCUT2D eigenvalue weighted by Crippen LogP contribution is -2.16. The van der Waals surface area contributed by atoms with Gasteiger partial charge in [-0.15, -0.1) is 0 Å². The quantitative estimate of drug-likeness (QED) is 0.406. The van der Waals surface area contributed by atoms with Crippen molar-refractivity contribution in [1.29, 1.82) is 5.41 Å². The maximum atomic E-state index is 8.08. The number of benzene rings is 1. The molecule has 0 fully saturated rings. The van der Waals surface area contributed by atoms with Gasteiger partial charge in [0.1, 0.15) is 5.84 Å². The average Bonchev–Trinajstić information content (AvgIpc) is 3.00. The summed E-state index contributed by atoms with van der Waals surface area (Å²) in [6.07, 6.45) is 9.41. The van der Waals surface area contributed by atoms with Gasteiger partial charge in [0.15, 0.2) is 17.3 Å². The Hall–Kier alpha value is -2.04. The van der Waals surface area contributed by atoms with Crippen LogP contribution >= 0.6 is 0 Å². The van der Waals surface area contributed by atoms with Crippen LogP contribution in [0.15, 0.2) is 17.1 Å². The lowest BCUT2D eigenvalue weighted by molar-refractivity contribution is 0.199. The molecule has 0 spiro atoms. The van der Waals surface area contributed by atoms with E-state index in [2.05, 4.69) is 32.7 Å². The third kappa shape index (κ3) is 6.48. The van der Waals surface area contributed by atoms with Crippen LogP contribution in [0.2, 0.25) is 0 Å². The van der Waals surface area contributed by atoms with Crippen LogP contribution in [-0.2, 0) is 0 Å². The van der Waals surface area contributed by atoms with Crippen molar-refractivity contribution >= 4 is 11.7 Å². The summed E-state index contributed by atoms with van der Waals surface area (Å²) in [6.45, 7) is 10.2. The van der Waals surface area contributed by atoms with Gasteiger partial charge in [0.2, 0.25) is 0 Å². The van der Waals surface area contributed by atoms with Crippen LogP contribution in [0.4, 0.5) is 0 Å². The van der Waals surface area contributed by atoms with Gasteiger partial charge in [-0.2, -0.15) is 0 Å². The molecule has 0 bridgehead atoms. The molecule has 2 atom stereocenters. The standard InChI is InChI=1S/C24H39N3O2/c1-5-9-11-17(7-3)15-28-21-13-19-20(24(26)27-23(19)25)14-22(21)29-16-18(8-4)12-10-6-2/h13-14,17-18H,5-12,15-16H2,1-4H3,(H3,25,26,27). The highest BCUT2D eigenvalue weighted by Crippen LogP contribution is 2.35. The summed E-state index contributed by atoms with van der Waals surface area (Å²) in [4.78, 5) is 4.11. The van der Waals surface area contributed by atoms with Crippen molar-refractivity contribution in [3.05, 3.63) is 23.3 Å². The van der Waals surface area contributed by atoms with Crippen molar-refractivity contribution < 1.29 is 9.47 Å². The van der Waals surface area contributed by atoms with Crippen molar-refractivity contribution in [2.24, 2.45) is 22.6 Å². The molecule has 1 aliphatic heterocycles. The Labute approximate surface area is 176 Å². The molecule has 0 saturated heterocycles. The number of hydrogen-bond acceptors (Lipinski definition) is 4. The van der Waals surface area contributed by atoms with Gasteiger partial charge >= 0.3 is 0 Å². The number of hydrogen-bond donors (Lipinski definition) is 2. The van der Waals surface area contributed by atoms with Crippen LogP contribution < -0.4 is 15.2 Å². The van der Waals surface area contributed by atoms with Gasteiger partial charge in [-0.3, -0.25) is 5.41 Å². The monoisotopic (exact) mass is 401 g/mol. The maximum Gasteiger partial charge on any atom is 0.161 e. The van der Waals surface area contributed by atoms with Gasteiger partial charge in [0.05, 0.1) is 13.2 Å². The van der Waals surface area contributed by atoms with Gasteiger partial charge in [0.25, 0.3) is 0 Å². The van der Waals surface area contributed by atoms with Gasteiger partial charge in [0, 0.05) is 11.1 Å². The van der Waals surface area contributed by atoms with Crippen molar-refractivity contribution in [2.45, 2.75) is 79.1 Å². The third-order valence-electron chi connectivity index (χ3n) is 5.88. The van der Waals surface area contributed by atoms with E-state index in [0.717, 1.165) is 29.7 Å². The molecule has 1 aromatic rings. The van der Waals surface area contributed by atoms with E-state index in [9.17, 15) is 0 Å². The maximum absolute atomic E-state index is 8.08. The minimum Gasteiger partial charge on any atom is -0.489 e. The lowest BCUT2D eigenvalue weighted by Gasteiger charge is -2.21. The SMILES string of the molecule is CCCCC(CC)COc1cc2c(cc1OCC(CC)CCCC)C(N)=NC2=N. The van der Waals surface area contributed by atoms with Gasteiger partial charge < -0.3 is 15.2 Å². The fourth-order valence-electron chi connectivity index (χ4n) is 3.65. The molecule has 1 aromatic carbocycles. The first-order valence-electron chi connectivity index (χ1n) is 11.4. The molecule has 0 amide bonds. The Morgan fingerprint density at radius 3 is 1.79 bits per heavy atom. The average molecular weight is 402 g/mol. The van der Waals surface area contributed by atoms with Crippen LogP contribution in [0.1, 0.15) is 90.2 Å². The fourth-order valence-corrected chi connectivity index (χ4v) is 3.65. The minimum absolute atomic E-state index is 0.196. The second-order valence-corrected chi connectivity index (χ2v) is 8.15. The Balaban J connectivity index is 2.17. The molecule has 2 unspecified atom stereocenters. The summed E-state index contributed by atoms with van der Waals surface area (Å²) in [5.41, 5.74) is 7.52. The zero-order valence-electron chi connectivity index (χ0n) is 18.7. The molecule has 0 aromatic heterocycles. The normalized spacial score (nSPS) is 15.0. The van der Waals surface area contributed by atoms with Crippen molar-refractivity contribution in [2.75, 3.05) is 13.2 Å². The summed E-state index contributed by atoms with van der Waals surface area (Å²) in [5.74, 6) is 3.07. The molecule has 1 aliphatic rings. The molecule has 0 aliphatic carbocycles. The topological polar surface area (TPSA) is 80.7 Å². The third-order valence-corrected chi connectivity index (χ3v) is 5.88. The smallest absolute Gasteiger partial charge is 0.161 e. The van der Waals surface area contributed by atoms with Crippen molar-refractivity contribution in [3.63, 3.8) is 0 Å². The summed E-state index contributed by atoms with van der Waals surface area (Å²) < 4.78 is 12.5. The summed E-state index contributed by atoms with van der Waals surface area (Å²) in [7, 11) is 0. The van der Waals surface area contributed by atoms with E-state index in [1.807, 2.05) is 12.1 Å². The van der Waals surface area contributed by atoms with Gasteiger partial charge in [-0.25, -0.2) is 4.99 Å². The molecule has 5 heteroatoms. The van der Waals surface area contributed by atoms with Crippen LogP contribution in [0, 0.1) is 17.2 Å². The number of nitrogens with one attached hydrogen (secondary N) is 1. The van der Waals surface area contributed by atoms with Crippen LogP contribution in [0.5, 0.6) is 11.5 Å². The zero-order chi connectivity index (χ0) is 21.2. The highest BCUT2D eigenvalue weighted by atomic mass is 16.5. The lowest BCUT2D eigenvalue weighted by atomic mass is 10.00. The first-order chi connectivity index (χ1) is 14.0. The van der Waals surface area contributed by atoms with E-state index >= 15 is 0 Å². The van der Waals surface area contributed by atoms with E-state index < -0.39 is 0 Å². The number of ether oxygens (including phenoxy) is 2. The number of nitrogens with zero attached hydrogens (tertiary/aromatic N) is 1.